The lowest BCUT2D eigenvalue weighted by Gasteiger charge is -2.02. The average Bonchev–Trinajstić information content (AvgIpc) is 2.10. The fourth-order valence-corrected chi connectivity index (χ4v) is 0.944. The molecule has 0 heterocycles. The monoisotopic (exact) mass is 169 g/mol. The minimum absolute atomic E-state index is 0.845. The quantitative estimate of drug-likeness (QED) is 0.438. The largest absolute Gasteiger partial charge is 0.385 e. The van der Waals surface area contributed by atoms with Gasteiger partial charge < -0.3 is 10.1 Å². The molecule has 0 saturated carbocycles. The van der Waals surface area contributed by atoms with Crippen LogP contribution in [0.1, 0.15) is 25.7 Å². The molecule has 2 nitrogen and oxygen atoms in total. The third kappa shape index (κ3) is 9.48. The van der Waals surface area contributed by atoms with Gasteiger partial charge in [-0.3, -0.25) is 0 Å². The van der Waals surface area contributed by atoms with Gasteiger partial charge in [0.25, 0.3) is 0 Å². The number of rotatable bonds is 8. The highest BCUT2D eigenvalue weighted by Gasteiger charge is 1.87. The summed E-state index contributed by atoms with van der Waals surface area (Å²) in [6.45, 7) is 2.96. The van der Waals surface area contributed by atoms with E-state index in [2.05, 4.69) is 11.2 Å². The number of nitrogens with one attached hydrogen (secondary N) is 1. The zero-order valence-electron chi connectivity index (χ0n) is 7.94. The Morgan fingerprint density at radius 3 is 2.67 bits per heavy atom. The Morgan fingerprint density at radius 1 is 1.25 bits per heavy atom. The molecule has 0 aliphatic carbocycles. The van der Waals surface area contributed by atoms with E-state index in [1.165, 1.54) is 6.42 Å². The van der Waals surface area contributed by atoms with Gasteiger partial charge in [0.05, 0.1) is 0 Å². The summed E-state index contributed by atoms with van der Waals surface area (Å²) in [5, 5.41) is 3.33. The van der Waals surface area contributed by atoms with Gasteiger partial charge in [-0.15, -0.1) is 12.3 Å². The smallest absolute Gasteiger partial charge is 0.0474 e. The van der Waals surface area contributed by atoms with Crippen molar-refractivity contribution < 1.29 is 4.74 Å². The van der Waals surface area contributed by atoms with Crippen LogP contribution in [0, 0.1) is 12.3 Å². The molecular formula is C10H19NO. The SMILES string of the molecule is C#CCCCCNCCCOC. The molecule has 2 heteroatoms. The minimum atomic E-state index is 0.845. The van der Waals surface area contributed by atoms with Gasteiger partial charge in [-0.05, 0) is 32.4 Å². The standard InChI is InChI=1S/C10H19NO/c1-3-4-5-6-8-11-9-7-10-12-2/h1,11H,4-10H2,2H3. The molecule has 0 amide bonds. The Bertz CT molecular complexity index is 117. The number of ether oxygens (including phenoxy) is 1. The molecule has 0 saturated heterocycles. The van der Waals surface area contributed by atoms with E-state index in [1.807, 2.05) is 0 Å². The summed E-state index contributed by atoms with van der Waals surface area (Å²) < 4.78 is 4.92. The highest BCUT2D eigenvalue weighted by Crippen LogP contribution is 1.91. The van der Waals surface area contributed by atoms with E-state index >= 15 is 0 Å². The molecule has 0 spiro atoms. The fraction of sp³-hybridized carbons (Fsp3) is 0.800. The van der Waals surface area contributed by atoms with Crippen LogP contribution in [-0.4, -0.2) is 26.8 Å². The van der Waals surface area contributed by atoms with Gasteiger partial charge in [-0.1, -0.05) is 0 Å². The zero-order valence-corrected chi connectivity index (χ0v) is 7.94. The van der Waals surface area contributed by atoms with Gasteiger partial charge in [0.2, 0.25) is 0 Å². The Hall–Kier alpha value is -0.520. The maximum Gasteiger partial charge on any atom is 0.0474 e. The Morgan fingerprint density at radius 2 is 2.00 bits per heavy atom. The molecule has 12 heavy (non-hydrogen) atoms. The van der Waals surface area contributed by atoms with Gasteiger partial charge in [-0.25, -0.2) is 0 Å². The second-order valence-electron chi connectivity index (χ2n) is 2.76. The molecule has 0 aromatic carbocycles. The van der Waals surface area contributed by atoms with Crippen LogP contribution in [0.25, 0.3) is 0 Å². The Kier molecular flexibility index (Phi) is 10.0. The first-order valence-corrected chi connectivity index (χ1v) is 4.55. The predicted molar refractivity (Wildman–Crippen MR) is 52.0 cm³/mol. The molecule has 0 unspecified atom stereocenters. The van der Waals surface area contributed by atoms with Crippen molar-refractivity contribution in [2.75, 3.05) is 26.8 Å². The molecule has 0 fully saturated rings. The maximum absolute atomic E-state index is 5.12. The third-order valence-electron chi connectivity index (χ3n) is 1.63. The molecular weight excluding hydrogens is 150 g/mol. The maximum atomic E-state index is 5.12. The van der Waals surface area contributed by atoms with Gasteiger partial charge in [0, 0.05) is 20.1 Å². The normalized spacial score (nSPS) is 9.67. The molecule has 0 aromatic rings. The number of unbranched alkanes of at least 4 members (excludes halogenated alkanes) is 2. The summed E-state index contributed by atoms with van der Waals surface area (Å²) in [5.41, 5.74) is 0. The molecule has 70 valence electrons. The summed E-state index contributed by atoms with van der Waals surface area (Å²) >= 11 is 0. The van der Waals surface area contributed by atoms with Crippen molar-refractivity contribution in [1.82, 2.24) is 5.32 Å². The van der Waals surface area contributed by atoms with Crippen LogP contribution in [-0.2, 0) is 4.74 Å². The zero-order chi connectivity index (χ0) is 9.07. The van der Waals surface area contributed by atoms with Crippen LogP contribution < -0.4 is 5.32 Å². The van der Waals surface area contributed by atoms with Crippen LogP contribution in [0.5, 0.6) is 0 Å². The molecule has 0 rings (SSSR count). The van der Waals surface area contributed by atoms with Crippen LogP contribution in [0.2, 0.25) is 0 Å². The number of hydrogen-bond acceptors (Lipinski definition) is 2. The van der Waals surface area contributed by atoms with Crippen molar-refractivity contribution in [2.24, 2.45) is 0 Å². The molecule has 0 aliphatic rings. The van der Waals surface area contributed by atoms with Crippen molar-refractivity contribution in [3.8, 4) is 12.3 Å². The highest BCUT2D eigenvalue weighted by atomic mass is 16.5. The lowest BCUT2D eigenvalue weighted by molar-refractivity contribution is 0.194. The summed E-state index contributed by atoms with van der Waals surface area (Å²) in [7, 11) is 1.73. The van der Waals surface area contributed by atoms with Gasteiger partial charge in [0.1, 0.15) is 0 Å². The van der Waals surface area contributed by atoms with Gasteiger partial charge in [-0.2, -0.15) is 0 Å². The number of methoxy groups -OCH3 is 1. The Labute approximate surface area is 75.7 Å². The molecule has 1 N–H and O–H groups in total. The van der Waals surface area contributed by atoms with E-state index in [4.69, 9.17) is 11.2 Å². The number of hydrogen-bond donors (Lipinski definition) is 1. The molecule has 0 radical (unpaired) electrons. The summed E-state index contributed by atoms with van der Waals surface area (Å²) in [6.07, 6.45) is 9.42. The minimum Gasteiger partial charge on any atom is -0.385 e. The van der Waals surface area contributed by atoms with E-state index in [1.54, 1.807) is 7.11 Å². The first kappa shape index (κ1) is 11.5. The second kappa shape index (κ2) is 10.5. The van der Waals surface area contributed by atoms with E-state index in [-0.39, 0.29) is 0 Å². The summed E-state index contributed by atoms with van der Waals surface area (Å²) in [6, 6.07) is 0. The van der Waals surface area contributed by atoms with Crippen molar-refractivity contribution in [3.05, 3.63) is 0 Å². The van der Waals surface area contributed by atoms with E-state index in [0.29, 0.717) is 0 Å². The average molecular weight is 169 g/mol. The molecule has 0 atom stereocenters. The molecule has 0 aliphatic heterocycles. The van der Waals surface area contributed by atoms with Crippen molar-refractivity contribution in [2.45, 2.75) is 25.7 Å². The Balaban J connectivity index is 2.78. The van der Waals surface area contributed by atoms with E-state index in [9.17, 15) is 0 Å². The van der Waals surface area contributed by atoms with Crippen LogP contribution in [0.3, 0.4) is 0 Å². The molecule has 0 bridgehead atoms. The van der Waals surface area contributed by atoms with Gasteiger partial charge in [0.15, 0.2) is 0 Å². The van der Waals surface area contributed by atoms with Crippen molar-refractivity contribution in [1.29, 1.82) is 0 Å². The predicted octanol–water partition coefficient (Wildman–Crippen LogP) is 1.42. The highest BCUT2D eigenvalue weighted by molar-refractivity contribution is 4.82. The molecule has 0 aromatic heterocycles. The first-order chi connectivity index (χ1) is 5.91. The van der Waals surface area contributed by atoms with Crippen molar-refractivity contribution >= 4 is 0 Å². The lowest BCUT2D eigenvalue weighted by atomic mass is 10.2. The van der Waals surface area contributed by atoms with E-state index in [0.717, 1.165) is 39.0 Å². The summed E-state index contributed by atoms with van der Waals surface area (Å²) in [5.74, 6) is 2.63. The summed E-state index contributed by atoms with van der Waals surface area (Å²) in [4.78, 5) is 0. The van der Waals surface area contributed by atoms with Crippen LogP contribution >= 0.6 is 0 Å². The number of terminal acetylenes is 1. The van der Waals surface area contributed by atoms with Crippen LogP contribution in [0.4, 0.5) is 0 Å². The topological polar surface area (TPSA) is 21.3 Å². The van der Waals surface area contributed by atoms with Crippen molar-refractivity contribution in [3.63, 3.8) is 0 Å². The fourth-order valence-electron chi connectivity index (χ4n) is 0.944. The van der Waals surface area contributed by atoms with E-state index < -0.39 is 0 Å². The third-order valence-corrected chi connectivity index (χ3v) is 1.63. The second-order valence-corrected chi connectivity index (χ2v) is 2.76. The van der Waals surface area contributed by atoms with Crippen LogP contribution in [0.15, 0.2) is 0 Å². The first-order valence-electron chi connectivity index (χ1n) is 4.55. The lowest BCUT2D eigenvalue weighted by Crippen LogP contribution is -2.17. The van der Waals surface area contributed by atoms with Gasteiger partial charge >= 0.3 is 0 Å².